The van der Waals surface area contributed by atoms with Crippen molar-refractivity contribution in [2.75, 3.05) is 0 Å². The van der Waals surface area contributed by atoms with Crippen LogP contribution in [0.3, 0.4) is 0 Å². The molecule has 0 aliphatic heterocycles. The molecule has 1 N–H and O–H groups in total. The van der Waals surface area contributed by atoms with Crippen LogP contribution in [-0.2, 0) is 0 Å². The zero-order valence-electron chi connectivity index (χ0n) is 10.2. The first kappa shape index (κ1) is 8.35. The van der Waals surface area contributed by atoms with Gasteiger partial charge in [-0.1, -0.05) is 0 Å². The number of pyridine rings is 1. The summed E-state index contributed by atoms with van der Waals surface area (Å²) in [5.74, 6) is 0.410. The predicted octanol–water partition coefficient (Wildman–Crippen LogP) is 1.67. The van der Waals surface area contributed by atoms with Gasteiger partial charge in [0.2, 0.25) is 5.82 Å². The lowest BCUT2D eigenvalue weighted by Crippen LogP contribution is -1.96. The fraction of sp³-hybridized carbons (Fsp3) is 0. The van der Waals surface area contributed by atoms with Crippen LogP contribution >= 0.6 is 0 Å². The van der Waals surface area contributed by atoms with Gasteiger partial charge in [-0.25, -0.2) is 14.5 Å². The summed E-state index contributed by atoms with van der Waals surface area (Å²) in [6.45, 7) is 0. The van der Waals surface area contributed by atoms with Gasteiger partial charge < -0.3 is 0 Å². The average Bonchev–Trinajstić information content (AvgIpc) is 3.04. The quantitative estimate of drug-likeness (QED) is 0.546. The van der Waals surface area contributed by atoms with E-state index in [-0.39, 0.29) is 6.17 Å². The van der Waals surface area contributed by atoms with Gasteiger partial charge >= 0.3 is 0 Å². The summed E-state index contributed by atoms with van der Waals surface area (Å²) in [5.41, 5.74) is 1.95. The monoisotopic (exact) mass is 237 g/mol. The van der Waals surface area contributed by atoms with E-state index in [1.54, 1.807) is 23.0 Å². The van der Waals surface area contributed by atoms with E-state index in [9.17, 15) is 0 Å². The van der Waals surface area contributed by atoms with Crippen LogP contribution in [0, 0.1) is 0 Å². The highest BCUT2D eigenvalue weighted by Crippen LogP contribution is 2.21. The number of hydrogen-bond donors (Lipinski definition) is 1. The van der Waals surface area contributed by atoms with Gasteiger partial charge in [-0.2, -0.15) is 5.10 Å². The molecule has 6 heteroatoms. The second kappa shape index (κ2) is 3.36. The molecule has 0 atom stereocenters. The first-order valence-corrected chi connectivity index (χ1v) is 5.44. The Hall–Kier alpha value is -2.76. The van der Waals surface area contributed by atoms with Crippen molar-refractivity contribution in [3.63, 3.8) is 0 Å². The minimum Gasteiger partial charge on any atom is -0.260 e. The first-order chi connectivity index (χ1) is 9.33. The van der Waals surface area contributed by atoms with Crippen LogP contribution < -0.4 is 0 Å². The minimum absolute atomic E-state index is 0.176. The number of aromatic amines is 1. The third-order valence-electron chi connectivity index (χ3n) is 2.76. The highest BCUT2D eigenvalue weighted by Gasteiger charge is 2.11. The summed E-state index contributed by atoms with van der Waals surface area (Å²) in [6, 6.07) is 7.36. The fourth-order valence-corrected chi connectivity index (χ4v) is 1.91. The van der Waals surface area contributed by atoms with E-state index in [1.807, 2.05) is 18.2 Å². The third kappa shape index (κ3) is 1.22. The van der Waals surface area contributed by atoms with Gasteiger partial charge in [0.05, 0.1) is 18.4 Å². The van der Waals surface area contributed by atoms with Crippen LogP contribution in [0.25, 0.3) is 28.1 Å². The van der Waals surface area contributed by atoms with Crippen LogP contribution in [0.2, 0.25) is 0 Å². The molecule has 0 fully saturated rings. The molecule has 0 saturated heterocycles. The number of fused-ring (bicyclic) bond motifs is 2. The van der Waals surface area contributed by atoms with E-state index in [0.29, 0.717) is 22.7 Å². The molecule has 0 radical (unpaired) electrons. The fourth-order valence-electron chi connectivity index (χ4n) is 1.91. The number of rotatable bonds is 1. The summed E-state index contributed by atoms with van der Waals surface area (Å²) in [6.07, 6.45) is 3.65. The second-order valence-corrected chi connectivity index (χ2v) is 3.86. The van der Waals surface area contributed by atoms with Crippen molar-refractivity contribution in [3.8, 4) is 11.5 Å². The highest BCUT2D eigenvalue weighted by atomic mass is 15.3. The van der Waals surface area contributed by atoms with E-state index in [4.69, 9.17) is 1.37 Å². The third-order valence-corrected chi connectivity index (χ3v) is 2.76. The lowest BCUT2D eigenvalue weighted by atomic mass is 10.2. The van der Waals surface area contributed by atoms with E-state index in [0.717, 1.165) is 5.39 Å². The van der Waals surface area contributed by atoms with Crippen molar-refractivity contribution in [2.24, 2.45) is 0 Å². The number of aromatic nitrogens is 6. The molecular formula is C12H8N6. The van der Waals surface area contributed by atoms with Crippen LogP contribution in [0.1, 0.15) is 1.37 Å². The largest absolute Gasteiger partial charge is 0.260 e. The van der Waals surface area contributed by atoms with Crippen LogP contribution in [0.4, 0.5) is 0 Å². The van der Waals surface area contributed by atoms with Crippen LogP contribution in [0.15, 0.2) is 42.8 Å². The maximum atomic E-state index is 7.91. The molecule has 0 aromatic carbocycles. The van der Waals surface area contributed by atoms with E-state index in [2.05, 4.69) is 25.3 Å². The van der Waals surface area contributed by atoms with Gasteiger partial charge in [0.1, 0.15) is 5.69 Å². The molecule has 0 aliphatic rings. The maximum Gasteiger partial charge on any atom is 0.201 e. The standard InChI is InChI=1S/C12H8N6/c1-4-9-10(15-16-11(9)13-5-1)12-14-7-8-3-2-6-18(8)17-12/h1-7H,(H,13,15,16)/i7D. The summed E-state index contributed by atoms with van der Waals surface area (Å²) in [4.78, 5) is 8.37. The Labute approximate surface area is 103 Å². The van der Waals surface area contributed by atoms with E-state index < -0.39 is 0 Å². The van der Waals surface area contributed by atoms with Crippen LogP contribution in [0.5, 0.6) is 0 Å². The van der Waals surface area contributed by atoms with E-state index in [1.165, 1.54) is 0 Å². The van der Waals surface area contributed by atoms with Crippen molar-refractivity contribution in [2.45, 2.75) is 0 Å². The molecule has 0 amide bonds. The van der Waals surface area contributed by atoms with Crippen molar-refractivity contribution in [1.82, 2.24) is 29.8 Å². The molecule has 4 heterocycles. The summed E-state index contributed by atoms with van der Waals surface area (Å²) >= 11 is 0. The Morgan fingerprint density at radius 2 is 2.22 bits per heavy atom. The number of hydrogen-bond acceptors (Lipinski definition) is 4. The van der Waals surface area contributed by atoms with Gasteiger partial charge in [-0.15, -0.1) is 5.10 Å². The smallest absolute Gasteiger partial charge is 0.201 e. The molecule has 86 valence electrons. The summed E-state index contributed by atoms with van der Waals surface area (Å²) < 4.78 is 9.53. The summed E-state index contributed by atoms with van der Waals surface area (Å²) in [7, 11) is 0. The molecule has 0 spiro atoms. The normalized spacial score (nSPS) is 12.1. The van der Waals surface area contributed by atoms with Crippen molar-refractivity contribution in [3.05, 3.63) is 42.8 Å². The molecular weight excluding hydrogens is 228 g/mol. The molecule has 0 unspecified atom stereocenters. The Bertz CT molecular complexity index is 893. The molecule has 18 heavy (non-hydrogen) atoms. The van der Waals surface area contributed by atoms with Gasteiger partial charge in [0, 0.05) is 12.4 Å². The molecule has 0 bridgehead atoms. The van der Waals surface area contributed by atoms with Gasteiger partial charge in [0.15, 0.2) is 5.65 Å². The number of nitrogens with zero attached hydrogens (tertiary/aromatic N) is 5. The van der Waals surface area contributed by atoms with Crippen molar-refractivity contribution < 1.29 is 1.37 Å². The van der Waals surface area contributed by atoms with E-state index >= 15 is 0 Å². The molecule has 4 rings (SSSR count). The zero-order chi connectivity index (χ0) is 12.8. The van der Waals surface area contributed by atoms with Gasteiger partial charge in [-0.05, 0) is 24.3 Å². The zero-order valence-corrected chi connectivity index (χ0v) is 9.20. The number of nitrogens with one attached hydrogen (secondary N) is 1. The molecule has 0 saturated carbocycles. The lowest BCUT2D eigenvalue weighted by Gasteiger charge is -1.97. The average molecular weight is 237 g/mol. The van der Waals surface area contributed by atoms with Crippen LogP contribution in [-0.4, -0.2) is 29.8 Å². The second-order valence-electron chi connectivity index (χ2n) is 3.86. The molecule has 6 nitrogen and oxygen atoms in total. The molecule has 4 aromatic rings. The predicted molar refractivity (Wildman–Crippen MR) is 65.9 cm³/mol. The van der Waals surface area contributed by atoms with Gasteiger partial charge in [-0.3, -0.25) is 5.10 Å². The SMILES string of the molecule is [2H]c1nc(-c2n[nH]c3ncccc23)nn2cccc12. The van der Waals surface area contributed by atoms with Crippen molar-refractivity contribution >= 4 is 16.6 Å². The molecule has 0 aliphatic carbocycles. The van der Waals surface area contributed by atoms with Gasteiger partial charge in [0.25, 0.3) is 0 Å². The van der Waals surface area contributed by atoms with Crippen molar-refractivity contribution in [1.29, 1.82) is 0 Å². The maximum absolute atomic E-state index is 7.91. The minimum atomic E-state index is 0.176. The Morgan fingerprint density at radius 3 is 3.22 bits per heavy atom. The summed E-state index contributed by atoms with van der Waals surface area (Å²) in [5, 5.41) is 12.2. The Kier molecular flexibility index (Phi) is 1.56. The Morgan fingerprint density at radius 1 is 1.22 bits per heavy atom. The Balaban J connectivity index is 2.03. The number of H-pyrrole nitrogens is 1. The first-order valence-electron chi connectivity index (χ1n) is 5.94. The highest BCUT2D eigenvalue weighted by molar-refractivity contribution is 5.88. The lowest BCUT2D eigenvalue weighted by molar-refractivity contribution is 0.905. The topological polar surface area (TPSA) is 71.8 Å². The molecule has 4 aromatic heterocycles.